The van der Waals surface area contributed by atoms with Gasteiger partial charge in [-0.3, -0.25) is 0 Å². The highest BCUT2D eigenvalue weighted by Crippen LogP contribution is 2.47. The van der Waals surface area contributed by atoms with Gasteiger partial charge in [0, 0.05) is 7.11 Å². The van der Waals surface area contributed by atoms with Crippen LogP contribution in [0, 0.1) is 23.6 Å². The number of methoxy groups -OCH3 is 1. The second kappa shape index (κ2) is 8.64. The van der Waals surface area contributed by atoms with Crippen LogP contribution in [-0.2, 0) is 17.6 Å². The molecule has 3 aliphatic rings. The van der Waals surface area contributed by atoms with Crippen LogP contribution in [0.1, 0.15) is 93.7 Å². The van der Waals surface area contributed by atoms with Crippen molar-refractivity contribution in [2.24, 2.45) is 17.8 Å². The van der Waals surface area contributed by atoms with E-state index in [0.717, 1.165) is 42.6 Å². The molecule has 1 nitrogen and oxygen atoms in total. The predicted octanol–water partition coefficient (Wildman–Crippen LogP) is 6.82. The van der Waals surface area contributed by atoms with Crippen LogP contribution in [0.2, 0.25) is 0 Å². The number of hydrogen-bond donors (Lipinski definition) is 0. The van der Waals surface area contributed by atoms with E-state index in [1.807, 2.05) is 13.2 Å². The standard InChI is InChI=1S/C25H37FO/c1-3-4-5-17-6-7-20-15-24(25(26)16-22(20)12-17)21-9-8-19-14-23(27-2)11-10-18(19)13-21/h15-19,21,23H,3-14H2,1-2H3. The van der Waals surface area contributed by atoms with Gasteiger partial charge >= 0.3 is 0 Å². The summed E-state index contributed by atoms with van der Waals surface area (Å²) in [5, 5.41) is 0. The lowest BCUT2D eigenvalue weighted by atomic mass is 9.65. The highest BCUT2D eigenvalue weighted by Gasteiger charge is 2.37. The first kappa shape index (κ1) is 19.4. The van der Waals surface area contributed by atoms with E-state index in [9.17, 15) is 0 Å². The highest BCUT2D eigenvalue weighted by atomic mass is 19.1. The number of fused-ring (bicyclic) bond motifs is 2. The molecule has 3 aliphatic carbocycles. The highest BCUT2D eigenvalue weighted by molar-refractivity contribution is 5.37. The number of benzene rings is 1. The Kier molecular flexibility index (Phi) is 6.21. The van der Waals surface area contributed by atoms with Gasteiger partial charge in [0.15, 0.2) is 0 Å². The van der Waals surface area contributed by atoms with Gasteiger partial charge in [0.2, 0.25) is 0 Å². The summed E-state index contributed by atoms with van der Waals surface area (Å²) in [4.78, 5) is 0. The SMILES string of the molecule is CCCCC1CCc2cc(C3CCC4CC(OC)CCC4C3)c(F)cc2C1. The molecule has 0 saturated heterocycles. The second-order valence-electron chi connectivity index (χ2n) is 9.59. The molecule has 2 fully saturated rings. The van der Waals surface area contributed by atoms with Crippen LogP contribution in [0.4, 0.5) is 4.39 Å². The van der Waals surface area contributed by atoms with Crippen LogP contribution in [-0.4, -0.2) is 13.2 Å². The molecule has 0 spiro atoms. The molecule has 5 atom stereocenters. The summed E-state index contributed by atoms with van der Waals surface area (Å²) >= 11 is 0. The summed E-state index contributed by atoms with van der Waals surface area (Å²) in [6.45, 7) is 2.26. The van der Waals surface area contributed by atoms with Gasteiger partial charge in [-0.15, -0.1) is 0 Å². The van der Waals surface area contributed by atoms with Crippen molar-refractivity contribution in [2.45, 2.75) is 96.0 Å². The molecule has 2 heteroatoms. The van der Waals surface area contributed by atoms with Gasteiger partial charge in [-0.05, 0) is 104 Å². The molecule has 4 rings (SSSR count). The fourth-order valence-corrected chi connectivity index (χ4v) is 6.27. The molecule has 150 valence electrons. The van der Waals surface area contributed by atoms with Crippen molar-refractivity contribution in [3.63, 3.8) is 0 Å². The summed E-state index contributed by atoms with van der Waals surface area (Å²) in [5.74, 6) is 2.88. The van der Waals surface area contributed by atoms with Crippen molar-refractivity contribution in [2.75, 3.05) is 7.11 Å². The van der Waals surface area contributed by atoms with Crippen molar-refractivity contribution in [1.29, 1.82) is 0 Å². The third kappa shape index (κ3) is 4.26. The van der Waals surface area contributed by atoms with Crippen LogP contribution in [0.3, 0.4) is 0 Å². The van der Waals surface area contributed by atoms with Crippen molar-refractivity contribution in [3.8, 4) is 0 Å². The van der Waals surface area contributed by atoms with Crippen LogP contribution < -0.4 is 0 Å². The minimum Gasteiger partial charge on any atom is -0.381 e. The third-order valence-corrected chi connectivity index (χ3v) is 7.95. The largest absolute Gasteiger partial charge is 0.381 e. The molecule has 27 heavy (non-hydrogen) atoms. The summed E-state index contributed by atoms with van der Waals surface area (Å²) in [5.41, 5.74) is 3.79. The quantitative estimate of drug-likeness (QED) is 0.551. The van der Waals surface area contributed by atoms with Crippen molar-refractivity contribution in [1.82, 2.24) is 0 Å². The van der Waals surface area contributed by atoms with Gasteiger partial charge in [0.1, 0.15) is 5.82 Å². The van der Waals surface area contributed by atoms with Gasteiger partial charge in [-0.2, -0.15) is 0 Å². The molecule has 0 heterocycles. The van der Waals surface area contributed by atoms with E-state index >= 15 is 4.39 Å². The first-order valence-corrected chi connectivity index (χ1v) is 11.5. The van der Waals surface area contributed by atoms with Crippen LogP contribution in [0.5, 0.6) is 0 Å². The summed E-state index contributed by atoms with van der Waals surface area (Å²) in [6, 6.07) is 4.18. The Labute approximate surface area is 165 Å². The summed E-state index contributed by atoms with van der Waals surface area (Å²) < 4.78 is 20.7. The first-order valence-electron chi connectivity index (χ1n) is 11.5. The fraction of sp³-hybridized carbons (Fsp3) is 0.760. The molecule has 0 radical (unpaired) electrons. The van der Waals surface area contributed by atoms with Gasteiger partial charge in [-0.25, -0.2) is 4.39 Å². The number of unbranched alkanes of at least 4 members (excludes halogenated alkanes) is 1. The van der Waals surface area contributed by atoms with Gasteiger partial charge < -0.3 is 4.74 Å². The molecule has 2 saturated carbocycles. The molecular weight excluding hydrogens is 335 g/mol. The van der Waals surface area contributed by atoms with Crippen LogP contribution in [0.15, 0.2) is 12.1 Å². The second-order valence-corrected chi connectivity index (χ2v) is 9.59. The lowest BCUT2D eigenvalue weighted by Gasteiger charge is -2.42. The predicted molar refractivity (Wildman–Crippen MR) is 110 cm³/mol. The monoisotopic (exact) mass is 372 g/mol. The number of aryl methyl sites for hydroxylation is 1. The molecule has 0 aliphatic heterocycles. The molecule has 0 N–H and O–H groups in total. The van der Waals surface area contributed by atoms with Crippen molar-refractivity contribution in [3.05, 3.63) is 34.6 Å². The smallest absolute Gasteiger partial charge is 0.126 e. The Balaban J connectivity index is 1.44. The third-order valence-electron chi connectivity index (χ3n) is 7.95. The Morgan fingerprint density at radius 3 is 2.63 bits per heavy atom. The molecule has 0 amide bonds. The summed E-state index contributed by atoms with van der Waals surface area (Å²) in [6.07, 6.45) is 15.2. The van der Waals surface area contributed by atoms with E-state index < -0.39 is 0 Å². The average molecular weight is 373 g/mol. The Morgan fingerprint density at radius 2 is 1.81 bits per heavy atom. The molecule has 1 aromatic rings. The fourth-order valence-electron chi connectivity index (χ4n) is 6.27. The Hall–Kier alpha value is -0.890. The molecule has 0 aromatic heterocycles. The van der Waals surface area contributed by atoms with E-state index in [2.05, 4.69) is 13.0 Å². The minimum atomic E-state index is 0.0823. The van der Waals surface area contributed by atoms with E-state index in [1.165, 1.54) is 68.9 Å². The lowest BCUT2D eigenvalue weighted by Crippen LogP contribution is -2.33. The molecular formula is C25H37FO. The van der Waals surface area contributed by atoms with E-state index in [1.54, 1.807) is 0 Å². The maximum atomic E-state index is 15.1. The first-order chi connectivity index (χ1) is 13.2. The summed E-state index contributed by atoms with van der Waals surface area (Å²) in [7, 11) is 1.85. The Morgan fingerprint density at radius 1 is 1.00 bits per heavy atom. The number of rotatable bonds is 5. The van der Waals surface area contributed by atoms with E-state index in [-0.39, 0.29) is 5.82 Å². The van der Waals surface area contributed by atoms with Crippen molar-refractivity contribution < 1.29 is 9.13 Å². The van der Waals surface area contributed by atoms with Crippen molar-refractivity contribution >= 4 is 0 Å². The van der Waals surface area contributed by atoms with E-state index in [0.29, 0.717) is 12.0 Å². The minimum absolute atomic E-state index is 0.0823. The molecule has 5 unspecified atom stereocenters. The molecule has 0 bridgehead atoms. The normalized spacial score (nSPS) is 33.4. The van der Waals surface area contributed by atoms with Crippen LogP contribution >= 0.6 is 0 Å². The topological polar surface area (TPSA) is 9.23 Å². The maximum Gasteiger partial charge on any atom is 0.126 e. The zero-order chi connectivity index (χ0) is 18.8. The van der Waals surface area contributed by atoms with E-state index in [4.69, 9.17) is 4.74 Å². The average Bonchev–Trinajstić information content (AvgIpc) is 2.70. The zero-order valence-electron chi connectivity index (χ0n) is 17.3. The van der Waals surface area contributed by atoms with Crippen LogP contribution in [0.25, 0.3) is 0 Å². The number of ether oxygens (including phenoxy) is 1. The number of hydrogen-bond acceptors (Lipinski definition) is 1. The Bertz CT molecular complexity index is 639. The lowest BCUT2D eigenvalue weighted by molar-refractivity contribution is 0.0121. The zero-order valence-corrected chi connectivity index (χ0v) is 17.3. The maximum absolute atomic E-state index is 15.1. The number of halogens is 1. The van der Waals surface area contributed by atoms with Gasteiger partial charge in [-0.1, -0.05) is 32.3 Å². The van der Waals surface area contributed by atoms with Gasteiger partial charge in [0.05, 0.1) is 6.10 Å². The van der Waals surface area contributed by atoms with Gasteiger partial charge in [0.25, 0.3) is 0 Å². The molecule has 1 aromatic carbocycles.